The largest absolute Gasteiger partial charge is 0.361 e. The van der Waals surface area contributed by atoms with Gasteiger partial charge in [-0.3, -0.25) is 9.59 Å². The second-order valence-corrected chi connectivity index (χ2v) is 3.28. The summed E-state index contributed by atoms with van der Waals surface area (Å²) in [6.45, 7) is 0.443. The molecular formula is C8H10N2O2S. The van der Waals surface area contributed by atoms with E-state index in [0.717, 1.165) is 12.0 Å². The maximum absolute atomic E-state index is 10.7. The van der Waals surface area contributed by atoms with Gasteiger partial charge in [0, 0.05) is 6.54 Å². The molecule has 1 heterocycles. The average molecular weight is 198 g/mol. The normalized spacial score (nSPS) is 9.54. The minimum Gasteiger partial charge on any atom is -0.361 e. The van der Waals surface area contributed by atoms with Crippen molar-refractivity contribution in [3.63, 3.8) is 0 Å². The number of amides is 2. The number of nitrogens with two attached hydrogens (primary N) is 1. The highest BCUT2D eigenvalue weighted by Crippen LogP contribution is 2.05. The molecule has 4 nitrogen and oxygen atoms in total. The van der Waals surface area contributed by atoms with E-state index in [1.54, 1.807) is 11.3 Å². The molecule has 0 atom stereocenters. The fourth-order valence-corrected chi connectivity index (χ4v) is 1.55. The van der Waals surface area contributed by atoms with E-state index in [4.69, 9.17) is 5.73 Å². The number of primary amides is 1. The monoisotopic (exact) mass is 198 g/mol. The summed E-state index contributed by atoms with van der Waals surface area (Å²) in [5, 5.41) is 6.37. The van der Waals surface area contributed by atoms with Crippen LogP contribution in [-0.2, 0) is 16.0 Å². The highest BCUT2D eigenvalue weighted by molar-refractivity contribution is 7.07. The first kappa shape index (κ1) is 9.73. The van der Waals surface area contributed by atoms with E-state index in [1.807, 2.05) is 16.8 Å². The fraction of sp³-hybridized carbons (Fsp3) is 0.250. The van der Waals surface area contributed by atoms with Gasteiger partial charge >= 0.3 is 11.8 Å². The summed E-state index contributed by atoms with van der Waals surface area (Å²) in [5.41, 5.74) is 5.89. The maximum atomic E-state index is 10.7. The summed E-state index contributed by atoms with van der Waals surface area (Å²) in [6.07, 6.45) is 0.725. The van der Waals surface area contributed by atoms with Crippen LogP contribution >= 0.6 is 11.3 Å². The van der Waals surface area contributed by atoms with E-state index in [-0.39, 0.29) is 0 Å². The number of hydrogen-bond donors (Lipinski definition) is 2. The lowest BCUT2D eigenvalue weighted by atomic mass is 10.2. The predicted molar refractivity (Wildman–Crippen MR) is 50.2 cm³/mol. The molecule has 0 unspecified atom stereocenters. The lowest BCUT2D eigenvalue weighted by Gasteiger charge is -1.99. The van der Waals surface area contributed by atoms with Crippen molar-refractivity contribution >= 4 is 23.2 Å². The lowest BCUT2D eigenvalue weighted by Crippen LogP contribution is -2.36. The van der Waals surface area contributed by atoms with Crippen molar-refractivity contribution in [3.8, 4) is 0 Å². The smallest absolute Gasteiger partial charge is 0.309 e. The summed E-state index contributed by atoms with van der Waals surface area (Å²) in [7, 11) is 0. The number of hydrogen-bond acceptors (Lipinski definition) is 3. The number of carbonyl (C=O) groups excluding carboxylic acids is 2. The molecule has 1 rings (SSSR count). The Labute approximate surface area is 79.7 Å². The summed E-state index contributed by atoms with van der Waals surface area (Å²) >= 11 is 1.60. The summed E-state index contributed by atoms with van der Waals surface area (Å²) in [5.74, 6) is -1.67. The van der Waals surface area contributed by atoms with E-state index >= 15 is 0 Å². The van der Waals surface area contributed by atoms with Crippen LogP contribution in [-0.4, -0.2) is 18.4 Å². The highest BCUT2D eigenvalue weighted by Gasteiger charge is 2.06. The third-order valence-electron chi connectivity index (χ3n) is 1.50. The molecule has 0 radical (unpaired) electrons. The first-order chi connectivity index (χ1) is 6.20. The Morgan fingerprint density at radius 3 is 2.85 bits per heavy atom. The van der Waals surface area contributed by atoms with Crippen LogP contribution in [0, 0.1) is 0 Å². The molecule has 0 fully saturated rings. The Bertz CT molecular complexity index is 295. The van der Waals surface area contributed by atoms with Crippen LogP contribution in [0.5, 0.6) is 0 Å². The summed E-state index contributed by atoms with van der Waals surface area (Å²) in [6, 6.07) is 1.97. The van der Waals surface area contributed by atoms with Crippen LogP contribution in [0.15, 0.2) is 16.8 Å². The number of carbonyl (C=O) groups is 2. The van der Waals surface area contributed by atoms with Crippen molar-refractivity contribution < 1.29 is 9.59 Å². The molecule has 0 aromatic carbocycles. The minimum absolute atomic E-state index is 0.443. The van der Waals surface area contributed by atoms with Gasteiger partial charge in [-0.1, -0.05) is 0 Å². The first-order valence-corrected chi connectivity index (χ1v) is 4.73. The molecule has 1 aromatic rings. The summed E-state index contributed by atoms with van der Waals surface area (Å²) in [4.78, 5) is 21.0. The molecule has 0 bridgehead atoms. The van der Waals surface area contributed by atoms with Crippen LogP contribution in [0.3, 0.4) is 0 Å². The first-order valence-electron chi connectivity index (χ1n) is 3.79. The fourth-order valence-electron chi connectivity index (χ4n) is 0.842. The average Bonchev–Trinajstić information content (AvgIpc) is 2.56. The van der Waals surface area contributed by atoms with Crippen molar-refractivity contribution in [2.45, 2.75) is 6.42 Å². The number of thiophene rings is 1. The van der Waals surface area contributed by atoms with Crippen molar-refractivity contribution in [2.24, 2.45) is 5.73 Å². The molecule has 0 saturated carbocycles. The van der Waals surface area contributed by atoms with Crippen LogP contribution in [0.4, 0.5) is 0 Å². The van der Waals surface area contributed by atoms with E-state index in [2.05, 4.69) is 5.32 Å². The molecule has 5 heteroatoms. The Morgan fingerprint density at radius 1 is 1.54 bits per heavy atom. The Kier molecular flexibility index (Phi) is 3.45. The Balaban J connectivity index is 2.22. The maximum Gasteiger partial charge on any atom is 0.309 e. The zero-order chi connectivity index (χ0) is 9.68. The molecule has 3 N–H and O–H groups in total. The summed E-state index contributed by atoms with van der Waals surface area (Å²) < 4.78 is 0. The molecule has 0 saturated heterocycles. The van der Waals surface area contributed by atoms with E-state index in [9.17, 15) is 9.59 Å². The second kappa shape index (κ2) is 4.61. The molecule has 0 spiro atoms. The van der Waals surface area contributed by atoms with Gasteiger partial charge in [-0.15, -0.1) is 0 Å². The predicted octanol–water partition coefficient (Wildman–Crippen LogP) is -0.108. The quantitative estimate of drug-likeness (QED) is 0.665. The van der Waals surface area contributed by atoms with Crippen LogP contribution < -0.4 is 11.1 Å². The highest BCUT2D eigenvalue weighted by atomic mass is 32.1. The molecule has 70 valence electrons. The third-order valence-corrected chi connectivity index (χ3v) is 2.24. The van der Waals surface area contributed by atoms with Crippen molar-refractivity contribution in [3.05, 3.63) is 22.4 Å². The van der Waals surface area contributed by atoms with Gasteiger partial charge in [0.25, 0.3) is 0 Å². The van der Waals surface area contributed by atoms with Crippen molar-refractivity contribution in [1.29, 1.82) is 0 Å². The van der Waals surface area contributed by atoms with Gasteiger partial charge in [0.2, 0.25) is 0 Å². The van der Waals surface area contributed by atoms with E-state index < -0.39 is 11.8 Å². The zero-order valence-corrected chi connectivity index (χ0v) is 7.76. The molecule has 0 aliphatic rings. The molecule has 13 heavy (non-hydrogen) atoms. The standard InChI is InChI=1S/C8H10N2O2S/c9-7(11)8(12)10-3-1-6-2-4-13-5-6/h2,4-5H,1,3H2,(H2,9,11)(H,10,12). The topological polar surface area (TPSA) is 72.2 Å². The minimum atomic E-state index is -0.940. The molecule has 2 amide bonds. The molecular weight excluding hydrogens is 188 g/mol. The molecule has 0 aliphatic carbocycles. The molecule has 1 aromatic heterocycles. The van der Waals surface area contributed by atoms with Gasteiger partial charge in [-0.2, -0.15) is 11.3 Å². The zero-order valence-electron chi connectivity index (χ0n) is 6.95. The SMILES string of the molecule is NC(=O)C(=O)NCCc1ccsc1. The lowest BCUT2D eigenvalue weighted by molar-refractivity contribution is -0.137. The van der Waals surface area contributed by atoms with Gasteiger partial charge in [0.1, 0.15) is 0 Å². The van der Waals surface area contributed by atoms with E-state index in [1.165, 1.54) is 0 Å². The Hall–Kier alpha value is -1.36. The Morgan fingerprint density at radius 2 is 2.31 bits per heavy atom. The van der Waals surface area contributed by atoms with Crippen LogP contribution in [0.1, 0.15) is 5.56 Å². The van der Waals surface area contributed by atoms with E-state index in [0.29, 0.717) is 6.54 Å². The van der Waals surface area contributed by atoms with Crippen LogP contribution in [0.2, 0.25) is 0 Å². The van der Waals surface area contributed by atoms with Gasteiger partial charge in [-0.25, -0.2) is 0 Å². The van der Waals surface area contributed by atoms with Gasteiger partial charge in [-0.05, 0) is 28.8 Å². The second-order valence-electron chi connectivity index (χ2n) is 2.50. The van der Waals surface area contributed by atoms with Gasteiger partial charge in [0.05, 0.1) is 0 Å². The molecule has 0 aliphatic heterocycles. The van der Waals surface area contributed by atoms with Crippen molar-refractivity contribution in [2.75, 3.05) is 6.54 Å². The van der Waals surface area contributed by atoms with Gasteiger partial charge < -0.3 is 11.1 Å². The third kappa shape index (κ3) is 3.25. The van der Waals surface area contributed by atoms with Crippen molar-refractivity contribution in [1.82, 2.24) is 5.32 Å². The van der Waals surface area contributed by atoms with Crippen LogP contribution in [0.25, 0.3) is 0 Å². The number of nitrogens with one attached hydrogen (secondary N) is 1. The van der Waals surface area contributed by atoms with Gasteiger partial charge in [0.15, 0.2) is 0 Å². The number of rotatable bonds is 3.